The highest BCUT2D eigenvalue weighted by molar-refractivity contribution is 5.96. The van der Waals surface area contributed by atoms with Crippen LogP contribution in [0.15, 0.2) is 11.8 Å². The van der Waals surface area contributed by atoms with E-state index in [1.165, 1.54) is 31.8 Å². The van der Waals surface area contributed by atoms with Crippen LogP contribution >= 0.6 is 0 Å². The Bertz CT molecular complexity index is 365. The lowest BCUT2D eigenvalue weighted by molar-refractivity contribution is -0.119. The maximum absolute atomic E-state index is 11.7. The van der Waals surface area contributed by atoms with Crippen LogP contribution in [0, 0.1) is 29.1 Å². The number of aliphatic hydroxyl groups is 1. The van der Waals surface area contributed by atoms with Crippen molar-refractivity contribution in [2.45, 2.75) is 25.7 Å². The number of rotatable bonds is 0. The van der Waals surface area contributed by atoms with Gasteiger partial charge in [-0.1, -0.05) is 0 Å². The van der Waals surface area contributed by atoms with E-state index in [2.05, 4.69) is 0 Å². The summed E-state index contributed by atoms with van der Waals surface area (Å²) in [4.78, 5) is 11.7. The summed E-state index contributed by atoms with van der Waals surface area (Å²) in [5, 5.41) is 9.79. The summed E-state index contributed by atoms with van der Waals surface area (Å²) in [5.74, 6) is 2.27. The number of carbonyl (C=O) groups is 1. The van der Waals surface area contributed by atoms with E-state index in [9.17, 15) is 9.90 Å². The quantitative estimate of drug-likeness (QED) is 0.635. The molecule has 0 radical (unpaired) electrons. The summed E-state index contributed by atoms with van der Waals surface area (Å²) in [5.41, 5.74) is 0.507. The largest absolute Gasteiger partial charge is 0.512 e. The monoisotopic (exact) mass is 190 g/mol. The van der Waals surface area contributed by atoms with E-state index in [1.54, 1.807) is 0 Å². The van der Waals surface area contributed by atoms with Gasteiger partial charge in [-0.3, -0.25) is 4.79 Å². The third kappa shape index (κ3) is 0.572. The predicted molar refractivity (Wildman–Crippen MR) is 50.6 cm³/mol. The van der Waals surface area contributed by atoms with E-state index in [4.69, 9.17) is 0 Å². The van der Waals surface area contributed by atoms with Gasteiger partial charge in [0.15, 0.2) is 5.78 Å². The van der Waals surface area contributed by atoms with Crippen molar-refractivity contribution in [1.82, 2.24) is 0 Å². The van der Waals surface area contributed by atoms with Crippen molar-refractivity contribution in [2.75, 3.05) is 0 Å². The minimum atomic E-state index is 0.177. The molecule has 0 aliphatic heterocycles. The van der Waals surface area contributed by atoms with Crippen LogP contribution in [0.1, 0.15) is 25.7 Å². The van der Waals surface area contributed by atoms with Crippen LogP contribution < -0.4 is 0 Å². The minimum absolute atomic E-state index is 0.177. The molecule has 3 fully saturated rings. The molecule has 14 heavy (non-hydrogen) atoms. The van der Waals surface area contributed by atoms with Crippen molar-refractivity contribution in [3.8, 4) is 0 Å². The molecule has 0 aromatic rings. The maximum atomic E-state index is 11.7. The smallest absolute Gasteiger partial charge is 0.163 e. The van der Waals surface area contributed by atoms with E-state index in [1.807, 2.05) is 0 Å². The first-order valence-electron chi connectivity index (χ1n) is 5.68. The van der Waals surface area contributed by atoms with Crippen LogP contribution in [0.5, 0.6) is 0 Å². The van der Waals surface area contributed by atoms with Gasteiger partial charge in [0.05, 0.1) is 5.76 Å². The molecule has 0 heterocycles. The number of hydrogen-bond acceptors (Lipinski definition) is 2. The van der Waals surface area contributed by atoms with Crippen molar-refractivity contribution >= 4 is 5.78 Å². The molecule has 0 aromatic heterocycles. The molecule has 1 spiro atoms. The van der Waals surface area contributed by atoms with Crippen molar-refractivity contribution < 1.29 is 9.90 Å². The zero-order chi connectivity index (χ0) is 9.50. The summed E-state index contributed by atoms with van der Waals surface area (Å²) >= 11 is 0. The highest BCUT2D eigenvalue weighted by Crippen LogP contribution is 2.76. The number of ketones is 1. The molecule has 4 unspecified atom stereocenters. The Hall–Kier alpha value is -0.790. The number of fused-ring (bicyclic) bond motifs is 3. The lowest BCUT2D eigenvalue weighted by Crippen LogP contribution is -2.24. The zero-order valence-electron chi connectivity index (χ0n) is 8.07. The van der Waals surface area contributed by atoms with Crippen LogP contribution in [0.25, 0.3) is 0 Å². The Morgan fingerprint density at radius 2 is 1.86 bits per heavy atom. The van der Waals surface area contributed by atoms with Gasteiger partial charge in [0.1, 0.15) is 0 Å². The third-order valence-electron chi connectivity index (χ3n) is 5.31. The normalized spacial score (nSPS) is 51.1. The molecular formula is C12H14O2. The van der Waals surface area contributed by atoms with Crippen LogP contribution in [0.4, 0.5) is 0 Å². The lowest BCUT2D eigenvalue weighted by Gasteiger charge is -2.23. The van der Waals surface area contributed by atoms with Gasteiger partial charge >= 0.3 is 0 Å². The van der Waals surface area contributed by atoms with Gasteiger partial charge in [-0.25, -0.2) is 0 Å². The highest BCUT2D eigenvalue weighted by Gasteiger charge is 2.71. The first-order chi connectivity index (χ1) is 6.74. The number of allylic oxidation sites excluding steroid dienone is 2. The summed E-state index contributed by atoms with van der Waals surface area (Å²) in [6.45, 7) is 0. The number of aliphatic hydroxyl groups excluding tert-OH is 1. The predicted octanol–water partition coefficient (Wildman–Crippen LogP) is 2.06. The van der Waals surface area contributed by atoms with Crippen LogP contribution in [-0.4, -0.2) is 10.9 Å². The standard InChI is InChI=1S/C12H14O2/c13-8-5-9(14)11-7-2-1-6(10(8)11)12(7)3-4-12/h5-7,10-11,13H,1-4H2. The van der Waals surface area contributed by atoms with Crippen LogP contribution in [0.3, 0.4) is 0 Å². The molecule has 2 heteroatoms. The molecule has 0 saturated heterocycles. The molecule has 4 atom stereocenters. The van der Waals surface area contributed by atoms with Crippen molar-refractivity contribution in [3.05, 3.63) is 11.8 Å². The van der Waals surface area contributed by atoms with E-state index in [-0.39, 0.29) is 17.6 Å². The molecule has 2 bridgehead atoms. The first-order valence-corrected chi connectivity index (χ1v) is 5.68. The van der Waals surface area contributed by atoms with Gasteiger partial charge < -0.3 is 5.11 Å². The van der Waals surface area contributed by atoms with E-state index < -0.39 is 0 Å². The SMILES string of the molecule is O=C1C=C(O)C2C1C1CCC2C12CC2. The molecule has 74 valence electrons. The van der Waals surface area contributed by atoms with Crippen molar-refractivity contribution in [1.29, 1.82) is 0 Å². The van der Waals surface area contributed by atoms with Crippen LogP contribution in [-0.2, 0) is 4.79 Å². The Kier molecular flexibility index (Phi) is 1.03. The fourth-order valence-corrected chi connectivity index (χ4v) is 4.77. The summed E-state index contributed by atoms with van der Waals surface area (Å²) in [6.07, 6.45) is 6.61. The minimum Gasteiger partial charge on any atom is -0.512 e. The third-order valence-corrected chi connectivity index (χ3v) is 5.31. The molecule has 4 rings (SSSR count). The maximum Gasteiger partial charge on any atom is 0.163 e. The molecule has 3 saturated carbocycles. The van der Waals surface area contributed by atoms with Crippen molar-refractivity contribution in [3.63, 3.8) is 0 Å². The van der Waals surface area contributed by atoms with Gasteiger partial charge in [-0.05, 0) is 42.9 Å². The second kappa shape index (κ2) is 1.93. The number of carbonyl (C=O) groups excluding carboxylic acids is 1. The molecular weight excluding hydrogens is 176 g/mol. The summed E-state index contributed by atoms with van der Waals surface area (Å²) in [7, 11) is 0. The molecule has 0 aromatic carbocycles. The van der Waals surface area contributed by atoms with E-state index >= 15 is 0 Å². The van der Waals surface area contributed by atoms with Crippen LogP contribution in [0.2, 0.25) is 0 Å². The molecule has 1 N–H and O–H groups in total. The molecule has 4 aliphatic rings. The van der Waals surface area contributed by atoms with Gasteiger partial charge in [0, 0.05) is 17.9 Å². The second-order valence-corrected chi connectivity index (χ2v) is 5.55. The summed E-state index contributed by atoms with van der Waals surface area (Å²) < 4.78 is 0. The van der Waals surface area contributed by atoms with E-state index in [0.717, 1.165) is 0 Å². The average Bonchev–Trinajstić information content (AvgIpc) is 2.72. The molecule has 2 nitrogen and oxygen atoms in total. The lowest BCUT2D eigenvalue weighted by atomic mass is 9.80. The Morgan fingerprint density at radius 3 is 2.43 bits per heavy atom. The summed E-state index contributed by atoms with van der Waals surface area (Å²) in [6, 6.07) is 0. The molecule has 4 aliphatic carbocycles. The van der Waals surface area contributed by atoms with Gasteiger partial charge in [0.25, 0.3) is 0 Å². The average molecular weight is 190 g/mol. The van der Waals surface area contributed by atoms with E-state index in [0.29, 0.717) is 23.0 Å². The topological polar surface area (TPSA) is 37.3 Å². The van der Waals surface area contributed by atoms with Gasteiger partial charge in [0.2, 0.25) is 0 Å². The number of hydrogen-bond donors (Lipinski definition) is 1. The fraction of sp³-hybridized carbons (Fsp3) is 0.750. The van der Waals surface area contributed by atoms with Crippen molar-refractivity contribution in [2.24, 2.45) is 29.1 Å². The van der Waals surface area contributed by atoms with Gasteiger partial charge in [-0.2, -0.15) is 0 Å². The van der Waals surface area contributed by atoms with Gasteiger partial charge in [-0.15, -0.1) is 0 Å². The Morgan fingerprint density at radius 1 is 1.21 bits per heavy atom. The highest BCUT2D eigenvalue weighted by atomic mass is 16.3. The Balaban J connectivity index is 1.86. The zero-order valence-corrected chi connectivity index (χ0v) is 8.07. The molecule has 0 amide bonds. The fourth-order valence-electron chi connectivity index (χ4n) is 4.77. The Labute approximate surface area is 83.0 Å². The first kappa shape index (κ1) is 7.49. The second-order valence-electron chi connectivity index (χ2n) is 5.55.